The maximum atomic E-state index is 4.54. The van der Waals surface area contributed by atoms with E-state index >= 15 is 0 Å². The second kappa shape index (κ2) is 4.86. The van der Waals surface area contributed by atoms with Crippen LogP contribution in [0.4, 0.5) is 0 Å². The Morgan fingerprint density at radius 2 is 2.25 bits per heavy atom. The molecule has 25 valence electrons. The van der Waals surface area contributed by atoms with Crippen LogP contribution in [0.5, 0.6) is 0 Å². The summed E-state index contributed by atoms with van der Waals surface area (Å²) in [5.74, 6) is 0. The number of halogens is 1. The van der Waals surface area contributed by atoms with Crippen LogP contribution in [0.25, 0.3) is 0 Å². The molecule has 0 aliphatic rings. The molecule has 0 spiro atoms. The molecule has 0 nitrogen and oxygen atoms in total. The van der Waals surface area contributed by atoms with E-state index in [1.54, 1.807) is 7.51 Å². The Morgan fingerprint density at radius 3 is 2.25 bits per heavy atom. The van der Waals surface area contributed by atoms with Gasteiger partial charge >= 0.3 is 51.1 Å². The minimum atomic E-state index is -0.0531. The van der Waals surface area contributed by atoms with Crippen LogP contribution < -0.4 is 0 Å². The predicted molar refractivity (Wildman–Crippen MR) is 28.8 cm³/mol. The Labute approximate surface area is 50.4 Å². The topological polar surface area (TPSA) is 0 Å². The van der Waals surface area contributed by atoms with E-state index in [-0.39, 0.29) is 13.1 Å². The van der Waals surface area contributed by atoms with Gasteiger partial charge in [0.25, 0.3) is 0 Å². The molecule has 0 amide bonds. The Bertz CT molecular complexity index is 44.0. The van der Waals surface area contributed by atoms with Gasteiger partial charge in [-0.3, -0.25) is 0 Å². The van der Waals surface area contributed by atoms with Crippen LogP contribution >= 0.6 is 19.4 Å². The van der Waals surface area contributed by atoms with Gasteiger partial charge in [-0.05, 0) is 0 Å². The van der Waals surface area contributed by atoms with Crippen LogP contribution in [0.3, 0.4) is 0 Å². The zero-order chi connectivity index (χ0) is 3.41. The van der Waals surface area contributed by atoms with E-state index in [1.165, 1.54) is 0 Å². The van der Waals surface area contributed by atoms with Crippen molar-refractivity contribution in [3.05, 3.63) is 0 Å². The Morgan fingerprint density at radius 1 is 2.00 bits per heavy atom. The van der Waals surface area contributed by atoms with Gasteiger partial charge < -0.3 is 0 Å². The molecule has 0 radical (unpaired) electrons. The maximum absolute atomic E-state index is 4.54. The third-order valence-electron chi connectivity index (χ3n) is 0.0257. The molecular formula is IS2W. The van der Waals surface area contributed by atoms with E-state index in [1.807, 2.05) is 0 Å². The standard InChI is InChI=1S/HI.S2.W/c;1-2;/h1H;;/q;;+1/p-1. The molecular weight excluding hydrogens is 375 g/mol. The molecule has 0 atom stereocenters. The fourth-order valence-corrected chi connectivity index (χ4v) is 0. The van der Waals surface area contributed by atoms with Gasteiger partial charge in [0, 0.05) is 0 Å². The van der Waals surface area contributed by atoms with Crippen molar-refractivity contribution in [1.29, 1.82) is 0 Å². The van der Waals surface area contributed by atoms with Gasteiger partial charge in [-0.25, -0.2) is 0 Å². The van der Waals surface area contributed by atoms with Gasteiger partial charge in [-0.1, -0.05) is 0 Å². The van der Waals surface area contributed by atoms with E-state index in [0.29, 0.717) is 0 Å². The molecule has 0 rings (SSSR count). The molecule has 0 heterocycles. The third-order valence-corrected chi connectivity index (χ3v) is 12.7. The fraction of sp³-hybridized carbons (Fsp3) is 0. The van der Waals surface area contributed by atoms with Crippen LogP contribution in [0.1, 0.15) is 0 Å². The quantitative estimate of drug-likeness (QED) is 0.567. The Hall–Kier alpha value is 1.86. The van der Waals surface area contributed by atoms with Gasteiger partial charge in [0.05, 0.1) is 0 Å². The van der Waals surface area contributed by atoms with Crippen LogP contribution in [-0.4, -0.2) is 0 Å². The van der Waals surface area contributed by atoms with Gasteiger partial charge in [-0.15, -0.1) is 0 Å². The number of rotatable bonds is 0. The van der Waals surface area contributed by atoms with Gasteiger partial charge in [-0.2, -0.15) is 0 Å². The molecule has 0 saturated carbocycles. The van der Waals surface area contributed by atoms with Crippen molar-refractivity contribution in [1.82, 2.24) is 0 Å². The third kappa shape index (κ3) is 3.86. The van der Waals surface area contributed by atoms with Gasteiger partial charge in [0.1, 0.15) is 0 Å². The van der Waals surface area contributed by atoms with Crippen LogP contribution in [-0.2, 0) is 31.8 Å². The molecule has 0 N–H and O–H groups in total. The molecule has 0 unspecified atom stereocenters. The van der Waals surface area contributed by atoms with Crippen LogP contribution in [0.15, 0.2) is 0 Å². The fourth-order valence-electron chi connectivity index (χ4n) is 0. The molecule has 0 aliphatic heterocycles. The van der Waals surface area contributed by atoms with Crippen molar-refractivity contribution in [3.8, 4) is 0 Å². The van der Waals surface area contributed by atoms with Crippen molar-refractivity contribution in [2.24, 2.45) is 0 Å². The Kier molecular flexibility index (Phi) is 7.12. The second-order valence-corrected chi connectivity index (χ2v) is 15.4. The molecule has 4 heteroatoms. The normalized spacial score (nSPS) is 5.25. The predicted octanol–water partition coefficient (Wildman–Crippen LogP) is 0.878. The molecule has 0 saturated heterocycles. The summed E-state index contributed by atoms with van der Waals surface area (Å²) in [6, 6.07) is 0. The van der Waals surface area contributed by atoms with Crippen molar-refractivity contribution in [2.45, 2.75) is 0 Å². The monoisotopic (exact) mass is 375 g/mol. The zero-order valence-electron chi connectivity index (χ0n) is 1.60. The van der Waals surface area contributed by atoms with E-state index in [0.717, 1.165) is 0 Å². The summed E-state index contributed by atoms with van der Waals surface area (Å²) in [7, 11) is 1.59. The number of hydrogen-bond donors (Lipinski definition) is 0. The first-order valence-electron chi connectivity index (χ1n) is 0.488. The molecule has 0 aliphatic carbocycles. The summed E-state index contributed by atoms with van der Waals surface area (Å²) >= 11 is 6.86. The van der Waals surface area contributed by atoms with Gasteiger partial charge in [0.2, 0.25) is 0 Å². The summed E-state index contributed by atoms with van der Waals surface area (Å²) in [6.07, 6.45) is 0. The Balaban J connectivity index is 3.11. The molecule has 0 aromatic rings. The molecule has 0 bridgehead atoms. The van der Waals surface area contributed by atoms with E-state index in [2.05, 4.69) is 30.5 Å². The minimum absolute atomic E-state index is 0.0531. The zero-order valence-corrected chi connectivity index (χ0v) is 8.33. The van der Waals surface area contributed by atoms with Gasteiger partial charge in [0.15, 0.2) is 0 Å². The summed E-state index contributed by atoms with van der Waals surface area (Å²) in [5, 5.41) is 0. The first-order chi connectivity index (χ1) is 1.91. The SMILES string of the molecule is S=[S]=[W][I]. The summed E-state index contributed by atoms with van der Waals surface area (Å²) in [4.78, 5) is 0. The van der Waals surface area contributed by atoms with E-state index < -0.39 is 0 Å². The van der Waals surface area contributed by atoms with Crippen LogP contribution in [0.2, 0.25) is 0 Å². The first kappa shape index (κ1) is 5.86. The molecule has 0 aromatic carbocycles. The first-order valence-corrected chi connectivity index (χ1v) is 14.1. The summed E-state index contributed by atoms with van der Waals surface area (Å²) < 4.78 is 0. The van der Waals surface area contributed by atoms with E-state index in [9.17, 15) is 0 Å². The van der Waals surface area contributed by atoms with Crippen molar-refractivity contribution < 1.29 is 13.1 Å². The molecule has 4 heavy (non-hydrogen) atoms. The average Bonchev–Trinajstić information content (AvgIpc) is 1.37. The van der Waals surface area contributed by atoms with Crippen molar-refractivity contribution in [2.75, 3.05) is 0 Å². The molecule has 0 fully saturated rings. The van der Waals surface area contributed by atoms with Crippen molar-refractivity contribution in [3.63, 3.8) is 0 Å². The molecule has 0 aromatic heterocycles. The van der Waals surface area contributed by atoms with E-state index in [4.69, 9.17) is 0 Å². The van der Waals surface area contributed by atoms with Crippen molar-refractivity contribution >= 4 is 38.1 Å². The number of hydrogen-bond acceptors (Lipinski definition) is 1. The summed E-state index contributed by atoms with van der Waals surface area (Å²) in [5.41, 5.74) is 0. The van der Waals surface area contributed by atoms with Crippen LogP contribution in [0, 0.1) is 0 Å². The summed E-state index contributed by atoms with van der Waals surface area (Å²) in [6.45, 7) is 0. The average molecular weight is 375 g/mol. The second-order valence-electron chi connectivity index (χ2n) is 0.131.